The first kappa shape index (κ1) is 26.8. The summed E-state index contributed by atoms with van der Waals surface area (Å²) in [4.78, 5) is 34.2. The molecule has 0 unspecified atom stereocenters. The zero-order valence-corrected chi connectivity index (χ0v) is 24.1. The Balaban J connectivity index is 1.42. The lowest BCUT2D eigenvalue weighted by Gasteiger charge is -2.38. The molecule has 0 radical (unpaired) electrons. The quantitative estimate of drug-likeness (QED) is 0.201. The minimum atomic E-state index is -0.957. The summed E-state index contributed by atoms with van der Waals surface area (Å²) in [7, 11) is 0. The average molecular weight is 569 g/mol. The van der Waals surface area contributed by atoms with Crippen LogP contribution in [0, 0.1) is 0 Å². The van der Waals surface area contributed by atoms with Gasteiger partial charge in [-0.25, -0.2) is 9.97 Å². The van der Waals surface area contributed by atoms with Crippen molar-refractivity contribution in [2.24, 2.45) is 5.73 Å². The molecule has 4 N–H and O–H groups in total. The van der Waals surface area contributed by atoms with Crippen LogP contribution >= 0.6 is 0 Å². The maximum atomic E-state index is 12.9. The highest BCUT2D eigenvalue weighted by molar-refractivity contribution is 5.97. The van der Waals surface area contributed by atoms with Crippen LogP contribution in [-0.4, -0.2) is 32.3 Å². The number of nitrogens with one attached hydrogen (secondary N) is 2. The van der Waals surface area contributed by atoms with E-state index in [9.17, 15) is 9.59 Å². The van der Waals surface area contributed by atoms with Gasteiger partial charge in [-0.1, -0.05) is 48.5 Å². The van der Waals surface area contributed by atoms with E-state index < -0.39 is 5.54 Å². The van der Waals surface area contributed by atoms with Crippen LogP contribution in [0.3, 0.4) is 0 Å². The van der Waals surface area contributed by atoms with Crippen molar-refractivity contribution in [3.63, 3.8) is 0 Å². The number of aromatic nitrogens is 3. The van der Waals surface area contributed by atoms with Gasteiger partial charge in [0.15, 0.2) is 5.82 Å². The summed E-state index contributed by atoms with van der Waals surface area (Å²) in [5.74, 6) is 1.20. The predicted molar refractivity (Wildman–Crippen MR) is 168 cm³/mol. The molecule has 3 heterocycles. The number of carbonyl (C=O) groups excluding carboxylic acids is 2. The first-order valence-electron chi connectivity index (χ1n) is 14.5. The standard InChI is InChI=1S/C35H32N6O2/c1-34(2,21-42)40-33(43)24-12-10-22(11-13-24)29-30(23-14-16-25(17-15-23)35(36)18-6-19-35)41-28-9-5-20-37-31(28)38-27-8-4-3-7-26(27)32(41)39-29/h3-5,7-17,20-21H,6,18-19,36H2,1-2H3,(H,37,38)(H,40,43). The van der Waals surface area contributed by atoms with Crippen LogP contribution in [0.15, 0.2) is 91.1 Å². The van der Waals surface area contributed by atoms with E-state index in [1.807, 2.05) is 42.5 Å². The van der Waals surface area contributed by atoms with Gasteiger partial charge in [-0.15, -0.1) is 0 Å². The molecule has 0 atom stereocenters. The number of nitrogens with zero attached hydrogens (tertiary/aromatic N) is 3. The first-order chi connectivity index (χ1) is 20.8. The van der Waals surface area contributed by atoms with Gasteiger partial charge in [0.05, 0.1) is 28.3 Å². The molecular weight excluding hydrogens is 536 g/mol. The van der Waals surface area contributed by atoms with Crippen molar-refractivity contribution in [1.29, 1.82) is 0 Å². The van der Waals surface area contributed by atoms with Crippen LogP contribution in [0.5, 0.6) is 0 Å². The van der Waals surface area contributed by atoms with E-state index in [1.165, 1.54) is 0 Å². The third-order valence-electron chi connectivity index (χ3n) is 8.46. The number of imidazole rings is 1. The van der Waals surface area contributed by atoms with Gasteiger partial charge >= 0.3 is 0 Å². The lowest BCUT2D eigenvalue weighted by molar-refractivity contribution is -0.112. The average Bonchev–Trinajstić information content (AvgIpc) is 3.34. The highest BCUT2D eigenvalue weighted by atomic mass is 16.2. The SMILES string of the molecule is CC(C)(C=O)NC(=O)c1ccc(-c2nc3n(c2-c2ccc(C4(N)CCC4)cc2)-c2cccnc2Nc2ccccc2-3)cc1. The number of rotatable bonds is 6. The maximum Gasteiger partial charge on any atom is 0.252 e. The number of hydrogen-bond donors (Lipinski definition) is 3. The predicted octanol–water partition coefficient (Wildman–Crippen LogP) is 6.37. The van der Waals surface area contributed by atoms with E-state index in [4.69, 9.17) is 10.7 Å². The highest BCUT2D eigenvalue weighted by Gasteiger charge is 2.34. The summed E-state index contributed by atoms with van der Waals surface area (Å²) in [5, 5.41) is 6.27. The normalized spacial score (nSPS) is 14.7. The van der Waals surface area contributed by atoms with Crippen molar-refractivity contribution >= 4 is 23.7 Å². The Kier molecular flexibility index (Phi) is 6.25. The zero-order chi connectivity index (χ0) is 29.8. The largest absolute Gasteiger partial charge is 0.340 e. The van der Waals surface area contributed by atoms with Gasteiger partial charge in [0.1, 0.15) is 12.1 Å². The fraction of sp³-hybridized carbons (Fsp3) is 0.200. The molecule has 43 heavy (non-hydrogen) atoms. The van der Waals surface area contributed by atoms with E-state index in [2.05, 4.69) is 50.5 Å². The molecule has 8 nitrogen and oxygen atoms in total. The second kappa shape index (κ2) is 10.0. The van der Waals surface area contributed by atoms with Gasteiger partial charge in [0, 0.05) is 34.0 Å². The molecule has 0 spiro atoms. The third-order valence-corrected chi connectivity index (χ3v) is 8.46. The molecule has 214 valence electrons. The summed E-state index contributed by atoms with van der Waals surface area (Å²) < 4.78 is 2.17. The monoisotopic (exact) mass is 568 g/mol. The Morgan fingerprint density at radius 3 is 2.40 bits per heavy atom. The summed E-state index contributed by atoms with van der Waals surface area (Å²) >= 11 is 0. The second-order valence-corrected chi connectivity index (χ2v) is 12.0. The summed E-state index contributed by atoms with van der Waals surface area (Å²) in [5.41, 5.74) is 13.3. The number of nitrogens with two attached hydrogens (primary N) is 1. The minimum absolute atomic E-state index is 0.260. The number of hydrogen-bond acceptors (Lipinski definition) is 6. The Bertz CT molecular complexity index is 1870. The number of aldehydes is 1. The van der Waals surface area contributed by atoms with E-state index in [1.54, 1.807) is 32.2 Å². The molecule has 3 aromatic carbocycles. The van der Waals surface area contributed by atoms with Crippen LogP contribution in [0.2, 0.25) is 0 Å². The summed E-state index contributed by atoms with van der Waals surface area (Å²) in [6.45, 7) is 3.33. The van der Waals surface area contributed by atoms with Crippen molar-refractivity contribution in [3.05, 3.63) is 102 Å². The lowest BCUT2D eigenvalue weighted by atomic mass is 9.72. The maximum absolute atomic E-state index is 12.9. The second-order valence-electron chi connectivity index (χ2n) is 12.0. The molecular formula is C35H32N6O2. The van der Waals surface area contributed by atoms with Crippen LogP contribution < -0.4 is 16.4 Å². The summed E-state index contributed by atoms with van der Waals surface area (Å²) in [6.07, 6.45) is 5.64. The topological polar surface area (TPSA) is 115 Å². The molecule has 2 aliphatic rings. The van der Waals surface area contributed by atoms with Crippen molar-refractivity contribution < 1.29 is 9.59 Å². The Morgan fingerprint density at radius 1 is 0.977 bits per heavy atom. The number of fused-ring (bicyclic) bond motifs is 5. The van der Waals surface area contributed by atoms with Crippen LogP contribution in [0.4, 0.5) is 11.5 Å². The Hall–Kier alpha value is -5.08. The highest BCUT2D eigenvalue weighted by Crippen LogP contribution is 2.45. The van der Waals surface area contributed by atoms with Gasteiger partial charge in [-0.3, -0.25) is 9.36 Å². The number of amides is 1. The molecule has 5 aromatic rings. The van der Waals surface area contributed by atoms with E-state index in [0.717, 1.165) is 82.2 Å². The van der Waals surface area contributed by atoms with Crippen molar-refractivity contribution in [3.8, 4) is 39.6 Å². The van der Waals surface area contributed by atoms with Crippen molar-refractivity contribution in [2.45, 2.75) is 44.2 Å². The zero-order valence-electron chi connectivity index (χ0n) is 24.1. The summed E-state index contributed by atoms with van der Waals surface area (Å²) in [6, 6.07) is 27.9. The van der Waals surface area contributed by atoms with Gasteiger partial charge < -0.3 is 21.2 Å². The molecule has 1 fully saturated rings. The molecule has 0 bridgehead atoms. The third kappa shape index (κ3) is 4.60. The van der Waals surface area contributed by atoms with Crippen LogP contribution in [0.25, 0.3) is 39.6 Å². The molecule has 1 aliphatic carbocycles. The van der Waals surface area contributed by atoms with E-state index >= 15 is 0 Å². The molecule has 1 aliphatic heterocycles. The van der Waals surface area contributed by atoms with Crippen LogP contribution in [-0.2, 0) is 10.3 Å². The Labute approximate surface area is 250 Å². The number of benzene rings is 3. The number of para-hydroxylation sites is 1. The molecule has 8 heteroatoms. The molecule has 1 saturated carbocycles. The van der Waals surface area contributed by atoms with E-state index in [0.29, 0.717) is 5.56 Å². The van der Waals surface area contributed by atoms with Crippen molar-refractivity contribution in [1.82, 2.24) is 19.9 Å². The number of carbonyl (C=O) groups is 2. The van der Waals surface area contributed by atoms with Gasteiger partial charge in [-0.2, -0.15) is 0 Å². The van der Waals surface area contributed by atoms with Crippen LogP contribution in [0.1, 0.15) is 49.0 Å². The molecule has 0 saturated heterocycles. The number of pyridine rings is 1. The molecule has 2 aromatic heterocycles. The first-order valence-corrected chi connectivity index (χ1v) is 14.5. The van der Waals surface area contributed by atoms with Crippen molar-refractivity contribution in [2.75, 3.05) is 5.32 Å². The van der Waals surface area contributed by atoms with E-state index in [-0.39, 0.29) is 11.4 Å². The fourth-order valence-corrected chi connectivity index (χ4v) is 5.87. The fourth-order valence-electron chi connectivity index (χ4n) is 5.87. The van der Waals surface area contributed by atoms with Gasteiger partial charge in [0.2, 0.25) is 0 Å². The Morgan fingerprint density at radius 2 is 1.70 bits per heavy atom. The van der Waals surface area contributed by atoms with Gasteiger partial charge in [-0.05, 0) is 75.1 Å². The number of anilines is 2. The molecule has 1 amide bonds. The minimum Gasteiger partial charge on any atom is -0.340 e. The molecule has 7 rings (SSSR count). The lowest BCUT2D eigenvalue weighted by Crippen LogP contribution is -2.44. The van der Waals surface area contributed by atoms with Gasteiger partial charge in [0.25, 0.3) is 5.91 Å². The smallest absolute Gasteiger partial charge is 0.252 e.